The Morgan fingerprint density at radius 1 is 1.11 bits per heavy atom. The smallest absolute Gasteiger partial charge is 0.296 e. The second-order valence-electron chi connectivity index (χ2n) is 5.87. The van der Waals surface area contributed by atoms with Crippen molar-refractivity contribution in [1.29, 1.82) is 0 Å². The van der Waals surface area contributed by atoms with Crippen LogP contribution in [0.5, 0.6) is 11.5 Å². The fraction of sp³-hybridized carbons (Fsp3) is 0.150. The number of pyridine rings is 1. The molecule has 0 atom stereocenters. The third kappa shape index (κ3) is 3.29. The molecule has 3 aromatic heterocycles. The fourth-order valence-electron chi connectivity index (χ4n) is 2.82. The molecule has 0 saturated carbocycles. The lowest BCUT2D eigenvalue weighted by molar-refractivity contribution is 0.0958. The summed E-state index contributed by atoms with van der Waals surface area (Å²) in [5.41, 5.74) is 1.57. The first-order valence-electron chi connectivity index (χ1n) is 8.47. The van der Waals surface area contributed by atoms with Crippen LogP contribution in [0.2, 0.25) is 0 Å². The molecule has 0 unspecified atom stereocenters. The molecular formula is C20H17N3O4S. The lowest BCUT2D eigenvalue weighted by Crippen LogP contribution is -2.30. The number of carbonyl (C=O) groups is 1. The lowest BCUT2D eigenvalue weighted by atomic mass is 10.2. The van der Waals surface area contributed by atoms with Crippen molar-refractivity contribution in [3.63, 3.8) is 0 Å². The van der Waals surface area contributed by atoms with Crippen LogP contribution in [0.4, 0.5) is 5.13 Å². The van der Waals surface area contributed by atoms with Gasteiger partial charge in [-0.3, -0.25) is 14.7 Å². The van der Waals surface area contributed by atoms with Crippen LogP contribution < -0.4 is 14.4 Å². The second-order valence-corrected chi connectivity index (χ2v) is 6.85. The summed E-state index contributed by atoms with van der Waals surface area (Å²) in [5, 5.41) is 0.524. The highest BCUT2D eigenvalue weighted by molar-refractivity contribution is 7.22. The summed E-state index contributed by atoms with van der Waals surface area (Å²) in [6.07, 6.45) is 4.85. The van der Waals surface area contributed by atoms with Crippen molar-refractivity contribution in [1.82, 2.24) is 9.97 Å². The Hall–Kier alpha value is -3.39. The van der Waals surface area contributed by atoms with Crippen LogP contribution in [-0.2, 0) is 6.54 Å². The molecule has 28 heavy (non-hydrogen) atoms. The number of hydrogen-bond acceptors (Lipinski definition) is 7. The summed E-state index contributed by atoms with van der Waals surface area (Å²) in [5.74, 6) is 1.26. The van der Waals surface area contributed by atoms with Crippen molar-refractivity contribution in [2.45, 2.75) is 6.54 Å². The molecule has 0 radical (unpaired) electrons. The van der Waals surface area contributed by atoms with Crippen molar-refractivity contribution >= 4 is 32.6 Å². The van der Waals surface area contributed by atoms with E-state index in [1.54, 1.807) is 49.7 Å². The number of methoxy groups -OCH3 is 2. The van der Waals surface area contributed by atoms with Gasteiger partial charge in [0.05, 0.1) is 27.0 Å². The standard InChI is InChI=1S/C20H17N3O4S/c1-25-14-5-6-15(26-2)18-17(14)22-20(28-18)23(12-13-7-9-21-10-8-13)19(24)16-4-3-11-27-16/h3-11H,12H2,1-2H3. The molecule has 0 N–H and O–H groups in total. The highest BCUT2D eigenvalue weighted by Crippen LogP contribution is 2.40. The highest BCUT2D eigenvalue weighted by Gasteiger charge is 2.25. The minimum absolute atomic E-state index is 0.243. The van der Waals surface area contributed by atoms with E-state index in [1.165, 1.54) is 17.6 Å². The number of furan rings is 1. The van der Waals surface area contributed by atoms with Crippen molar-refractivity contribution in [2.24, 2.45) is 0 Å². The number of ether oxygens (including phenoxy) is 2. The summed E-state index contributed by atoms with van der Waals surface area (Å²) in [6.45, 7) is 0.326. The third-order valence-corrected chi connectivity index (χ3v) is 5.29. The molecule has 4 aromatic rings. The van der Waals surface area contributed by atoms with Gasteiger partial charge in [-0.2, -0.15) is 0 Å². The van der Waals surface area contributed by atoms with Crippen LogP contribution in [-0.4, -0.2) is 30.1 Å². The SMILES string of the molecule is COc1ccc(OC)c2sc(N(Cc3ccncc3)C(=O)c3ccco3)nc12. The van der Waals surface area contributed by atoms with E-state index < -0.39 is 0 Å². The first-order chi connectivity index (χ1) is 13.7. The fourth-order valence-corrected chi connectivity index (χ4v) is 3.89. The van der Waals surface area contributed by atoms with Gasteiger partial charge in [-0.25, -0.2) is 4.98 Å². The Kier molecular flexibility index (Phi) is 4.94. The normalized spacial score (nSPS) is 10.8. The monoisotopic (exact) mass is 395 g/mol. The first kappa shape index (κ1) is 18.0. The second kappa shape index (κ2) is 7.69. The number of nitrogens with zero attached hydrogens (tertiary/aromatic N) is 3. The number of carbonyl (C=O) groups excluding carboxylic acids is 1. The maximum atomic E-state index is 13.1. The van der Waals surface area contributed by atoms with Gasteiger partial charge in [0.15, 0.2) is 10.9 Å². The number of fused-ring (bicyclic) bond motifs is 1. The maximum absolute atomic E-state index is 13.1. The topological polar surface area (TPSA) is 77.7 Å². The van der Waals surface area contributed by atoms with Crippen molar-refractivity contribution in [3.05, 3.63) is 66.4 Å². The molecule has 1 amide bonds. The van der Waals surface area contributed by atoms with Crippen LogP contribution in [0.3, 0.4) is 0 Å². The Morgan fingerprint density at radius 3 is 2.54 bits per heavy atom. The van der Waals surface area contributed by atoms with Gasteiger partial charge in [-0.15, -0.1) is 0 Å². The summed E-state index contributed by atoms with van der Waals surface area (Å²) >= 11 is 1.36. The molecule has 0 saturated heterocycles. The van der Waals surface area contributed by atoms with E-state index in [9.17, 15) is 4.79 Å². The van der Waals surface area contributed by atoms with E-state index in [0.29, 0.717) is 28.7 Å². The summed E-state index contributed by atoms with van der Waals surface area (Å²) in [4.78, 5) is 23.4. The van der Waals surface area contributed by atoms with Gasteiger partial charge in [0, 0.05) is 12.4 Å². The first-order valence-corrected chi connectivity index (χ1v) is 9.28. The van der Waals surface area contributed by atoms with E-state index in [0.717, 1.165) is 10.3 Å². The van der Waals surface area contributed by atoms with Crippen LogP contribution in [0, 0.1) is 0 Å². The average molecular weight is 395 g/mol. The van der Waals surface area contributed by atoms with Crippen molar-refractivity contribution in [2.75, 3.05) is 19.1 Å². The molecule has 4 rings (SSSR count). The van der Waals surface area contributed by atoms with E-state index in [-0.39, 0.29) is 11.7 Å². The van der Waals surface area contributed by atoms with Gasteiger partial charge in [0.1, 0.15) is 21.7 Å². The molecule has 0 spiro atoms. The van der Waals surface area contributed by atoms with Gasteiger partial charge in [0.2, 0.25) is 0 Å². The van der Waals surface area contributed by atoms with Gasteiger partial charge in [-0.05, 0) is 42.0 Å². The molecule has 0 aliphatic rings. The molecule has 0 aliphatic carbocycles. The molecular weight excluding hydrogens is 378 g/mol. The van der Waals surface area contributed by atoms with E-state index in [2.05, 4.69) is 9.97 Å². The van der Waals surface area contributed by atoms with Crippen molar-refractivity contribution < 1.29 is 18.7 Å². The molecule has 1 aromatic carbocycles. The number of hydrogen-bond donors (Lipinski definition) is 0. The number of rotatable bonds is 6. The molecule has 7 nitrogen and oxygen atoms in total. The molecule has 0 fully saturated rings. The van der Waals surface area contributed by atoms with Gasteiger partial charge >= 0.3 is 0 Å². The lowest BCUT2D eigenvalue weighted by Gasteiger charge is -2.18. The Morgan fingerprint density at radius 2 is 1.86 bits per heavy atom. The largest absolute Gasteiger partial charge is 0.495 e. The molecule has 0 bridgehead atoms. The number of amides is 1. The maximum Gasteiger partial charge on any atom is 0.296 e. The van der Waals surface area contributed by atoms with Crippen LogP contribution in [0.1, 0.15) is 16.1 Å². The van der Waals surface area contributed by atoms with E-state index in [4.69, 9.17) is 13.9 Å². The summed E-state index contributed by atoms with van der Waals surface area (Å²) in [7, 11) is 3.19. The van der Waals surface area contributed by atoms with Crippen molar-refractivity contribution in [3.8, 4) is 11.5 Å². The Bertz CT molecular complexity index is 1050. The summed E-state index contributed by atoms with van der Waals surface area (Å²) in [6, 6.07) is 10.7. The number of thiazole rings is 1. The molecule has 3 heterocycles. The molecule has 142 valence electrons. The zero-order valence-corrected chi connectivity index (χ0v) is 16.1. The number of benzene rings is 1. The van der Waals surface area contributed by atoms with E-state index >= 15 is 0 Å². The minimum Gasteiger partial charge on any atom is -0.495 e. The Balaban J connectivity index is 1.83. The summed E-state index contributed by atoms with van der Waals surface area (Å²) < 4.78 is 17.0. The van der Waals surface area contributed by atoms with E-state index in [1.807, 2.05) is 18.2 Å². The predicted octanol–water partition coefficient (Wildman–Crippen LogP) is 4.15. The van der Waals surface area contributed by atoms with Gasteiger partial charge in [0.25, 0.3) is 5.91 Å². The predicted molar refractivity (Wildman–Crippen MR) is 106 cm³/mol. The average Bonchev–Trinajstić information content (AvgIpc) is 3.41. The van der Waals surface area contributed by atoms with Gasteiger partial charge < -0.3 is 13.9 Å². The number of anilines is 1. The quantitative estimate of drug-likeness (QED) is 0.488. The zero-order chi connectivity index (χ0) is 19.5. The minimum atomic E-state index is -0.279. The third-order valence-electron chi connectivity index (χ3n) is 4.20. The number of aromatic nitrogens is 2. The Labute approximate surface area is 165 Å². The van der Waals surface area contributed by atoms with Gasteiger partial charge in [-0.1, -0.05) is 11.3 Å². The van der Waals surface area contributed by atoms with Crippen LogP contribution in [0.25, 0.3) is 10.2 Å². The van der Waals surface area contributed by atoms with Crippen LogP contribution >= 0.6 is 11.3 Å². The zero-order valence-electron chi connectivity index (χ0n) is 15.3. The molecule has 8 heteroatoms. The highest BCUT2D eigenvalue weighted by atomic mass is 32.1. The van der Waals surface area contributed by atoms with Crippen LogP contribution in [0.15, 0.2) is 59.5 Å². The molecule has 0 aliphatic heterocycles.